The van der Waals surface area contributed by atoms with E-state index in [1.54, 1.807) is 23.6 Å². The van der Waals surface area contributed by atoms with E-state index >= 15 is 0 Å². The Balaban J connectivity index is 1.98. The molecular formula is C16H21FN2O3. The molecule has 0 aliphatic carbocycles. The molecule has 6 heteroatoms. The molecule has 2 amide bonds. The fourth-order valence-corrected chi connectivity index (χ4v) is 2.45. The molecule has 1 heterocycles. The average Bonchev–Trinajstić information content (AvgIpc) is 2.48. The van der Waals surface area contributed by atoms with Crippen LogP contribution in [-0.4, -0.2) is 53.4 Å². The summed E-state index contributed by atoms with van der Waals surface area (Å²) in [5.74, 6) is -0.0205. The summed E-state index contributed by atoms with van der Waals surface area (Å²) in [6.07, 6.45) is 0. The third kappa shape index (κ3) is 3.75. The Labute approximate surface area is 129 Å². The molecule has 1 saturated heterocycles. The van der Waals surface area contributed by atoms with Crippen molar-refractivity contribution in [2.75, 3.05) is 26.2 Å². The van der Waals surface area contributed by atoms with Gasteiger partial charge in [0.25, 0.3) is 5.91 Å². The van der Waals surface area contributed by atoms with Gasteiger partial charge in [-0.3, -0.25) is 9.59 Å². The van der Waals surface area contributed by atoms with Crippen LogP contribution in [0.15, 0.2) is 24.3 Å². The highest BCUT2D eigenvalue weighted by molar-refractivity contribution is 5.85. The Morgan fingerprint density at radius 3 is 2.05 bits per heavy atom. The Morgan fingerprint density at radius 2 is 1.55 bits per heavy atom. The van der Waals surface area contributed by atoms with Crippen LogP contribution in [-0.2, 0) is 9.59 Å². The van der Waals surface area contributed by atoms with Gasteiger partial charge in [0.1, 0.15) is 11.6 Å². The first kappa shape index (κ1) is 16.3. The van der Waals surface area contributed by atoms with Gasteiger partial charge in [0, 0.05) is 33.1 Å². The largest absolute Gasteiger partial charge is 0.478 e. The average molecular weight is 308 g/mol. The van der Waals surface area contributed by atoms with Crippen molar-refractivity contribution in [1.82, 2.24) is 9.80 Å². The van der Waals surface area contributed by atoms with Gasteiger partial charge in [-0.15, -0.1) is 0 Å². The molecule has 0 radical (unpaired) electrons. The number of amides is 2. The number of carbonyl (C=O) groups is 2. The van der Waals surface area contributed by atoms with Crippen LogP contribution < -0.4 is 4.74 Å². The molecule has 1 aromatic carbocycles. The predicted octanol–water partition coefficient (Wildman–Crippen LogP) is 1.67. The molecule has 1 aromatic rings. The van der Waals surface area contributed by atoms with Gasteiger partial charge in [-0.1, -0.05) is 0 Å². The van der Waals surface area contributed by atoms with Crippen LogP contribution in [0.4, 0.5) is 4.39 Å². The van der Waals surface area contributed by atoms with Gasteiger partial charge in [-0.25, -0.2) is 4.39 Å². The summed E-state index contributed by atoms with van der Waals surface area (Å²) in [6.45, 7) is 6.97. The summed E-state index contributed by atoms with van der Waals surface area (Å²) in [5, 5.41) is 0. The molecule has 0 N–H and O–H groups in total. The van der Waals surface area contributed by atoms with Crippen LogP contribution in [0.2, 0.25) is 0 Å². The van der Waals surface area contributed by atoms with Crippen molar-refractivity contribution in [3.8, 4) is 5.75 Å². The van der Waals surface area contributed by atoms with Crippen molar-refractivity contribution in [2.45, 2.75) is 26.4 Å². The standard InChI is InChI=1S/C16H21FN2O3/c1-12(20)18-8-10-19(11-9-18)15(21)16(2,3)22-14-6-4-13(17)5-7-14/h4-7H,8-11H2,1-3H3. The summed E-state index contributed by atoms with van der Waals surface area (Å²) < 4.78 is 18.6. The topological polar surface area (TPSA) is 49.9 Å². The summed E-state index contributed by atoms with van der Waals surface area (Å²) in [4.78, 5) is 27.3. The van der Waals surface area contributed by atoms with E-state index in [0.717, 1.165) is 0 Å². The summed E-state index contributed by atoms with van der Waals surface area (Å²) in [6, 6.07) is 5.58. The molecule has 0 atom stereocenters. The first-order chi connectivity index (χ1) is 10.3. The van der Waals surface area contributed by atoms with Gasteiger partial charge in [0.05, 0.1) is 0 Å². The number of nitrogens with zero attached hydrogens (tertiary/aromatic N) is 2. The lowest BCUT2D eigenvalue weighted by atomic mass is 10.1. The van der Waals surface area contributed by atoms with Crippen LogP contribution in [0, 0.1) is 5.82 Å². The van der Waals surface area contributed by atoms with Gasteiger partial charge in [0.2, 0.25) is 5.91 Å². The number of halogens is 1. The zero-order valence-electron chi connectivity index (χ0n) is 13.1. The van der Waals surface area contributed by atoms with E-state index in [2.05, 4.69) is 0 Å². The van der Waals surface area contributed by atoms with Crippen LogP contribution in [0.5, 0.6) is 5.75 Å². The van der Waals surface area contributed by atoms with Crippen molar-refractivity contribution >= 4 is 11.8 Å². The molecule has 0 aromatic heterocycles. The molecule has 2 rings (SSSR count). The molecule has 0 bridgehead atoms. The van der Waals surface area contributed by atoms with Crippen molar-refractivity contribution in [3.05, 3.63) is 30.1 Å². The lowest BCUT2D eigenvalue weighted by Gasteiger charge is -2.38. The van der Waals surface area contributed by atoms with Crippen molar-refractivity contribution in [1.29, 1.82) is 0 Å². The van der Waals surface area contributed by atoms with Gasteiger partial charge in [-0.2, -0.15) is 0 Å². The number of benzene rings is 1. The predicted molar refractivity (Wildman–Crippen MR) is 79.9 cm³/mol. The second-order valence-electron chi connectivity index (χ2n) is 5.86. The van der Waals surface area contributed by atoms with Crippen LogP contribution in [0.3, 0.4) is 0 Å². The van der Waals surface area contributed by atoms with Crippen molar-refractivity contribution in [2.24, 2.45) is 0 Å². The van der Waals surface area contributed by atoms with E-state index in [1.165, 1.54) is 31.2 Å². The van der Waals surface area contributed by atoms with Gasteiger partial charge in [0.15, 0.2) is 5.60 Å². The number of piperazine rings is 1. The minimum absolute atomic E-state index is 0.0221. The van der Waals surface area contributed by atoms with Gasteiger partial charge < -0.3 is 14.5 Å². The Kier molecular flexibility index (Phi) is 4.68. The molecule has 120 valence electrons. The van der Waals surface area contributed by atoms with E-state index < -0.39 is 5.60 Å². The lowest BCUT2D eigenvalue weighted by Crippen LogP contribution is -2.56. The second kappa shape index (κ2) is 6.34. The van der Waals surface area contributed by atoms with E-state index in [9.17, 15) is 14.0 Å². The monoisotopic (exact) mass is 308 g/mol. The maximum Gasteiger partial charge on any atom is 0.266 e. The molecule has 22 heavy (non-hydrogen) atoms. The van der Waals surface area contributed by atoms with E-state index in [1.807, 2.05) is 0 Å². The zero-order chi connectivity index (χ0) is 16.3. The number of rotatable bonds is 3. The molecule has 1 aliphatic rings. The SMILES string of the molecule is CC(=O)N1CCN(C(=O)C(C)(C)Oc2ccc(F)cc2)CC1. The maximum absolute atomic E-state index is 12.9. The Bertz CT molecular complexity index is 549. The first-order valence-electron chi connectivity index (χ1n) is 7.29. The minimum atomic E-state index is -1.05. The summed E-state index contributed by atoms with van der Waals surface area (Å²) >= 11 is 0. The van der Waals surface area contributed by atoms with Crippen LogP contribution in [0.25, 0.3) is 0 Å². The summed E-state index contributed by atoms with van der Waals surface area (Å²) in [5.41, 5.74) is -1.05. The second-order valence-corrected chi connectivity index (χ2v) is 5.86. The van der Waals surface area contributed by atoms with Crippen LogP contribution in [0.1, 0.15) is 20.8 Å². The third-order valence-corrected chi connectivity index (χ3v) is 3.71. The smallest absolute Gasteiger partial charge is 0.266 e. The highest BCUT2D eigenvalue weighted by Crippen LogP contribution is 2.21. The quantitative estimate of drug-likeness (QED) is 0.853. The highest BCUT2D eigenvalue weighted by Gasteiger charge is 2.35. The van der Waals surface area contributed by atoms with Gasteiger partial charge in [-0.05, 0) is 38.1 Å². The number of hydrogen-bond acceptors (Lipinski definition) is 3. The lowest BCUT2D eigenvalue weighted by molar-refractivity contribution is -0.149. The minimum Gasteiger partial charge on any atom is -0.478 e. The van der Waals surface area contributed by atoms with E-state index in [-0.39, 0.29) is 17.6 Å². The zero-order valence-corrected chi connectivity index (χ0v) is 13.1. The van der Waals surface area contributed by atoms with Crippen LogP contribution >= 0.6 is 0 Å². The first-order valence-corrected chi connectivity index (χ1v) is 7.29. The van der Waals surface area contributed by atoms with Crippen molar-refractivity contribution < 1.29 is 18.7 Å². The molecule has 1 aliphatic heterocycles. The molecule has 0 unspecified atom stereocenters. The Hall–Kier alpha value is -2.11. The molecule has 0 saturated carbocycles. The maximum atomic E-state index is 12.9. The number of carbonyl (C=O) groups excluding carboxylic acids is 2. The molecule has 1 fully saturated rings. The fraction of sp³-hybridized carbons (Fsp3) is 0.500. The fourth-order valence-electron chi connectivity index (χ4n) is 2.45. The molecule has 5 nitrogen and oxygen atoms in total. The van der Waals surface area contributed by atoms with E-state index in [0.29, 0.717) is 31.9 Å². The third-order valence-electron chi connectivity index (χ3n) is 3.71. The van der Waals surface area contributed by atoms with Gasteiger partial charge >= 0.3 is 0 Å². The number of ether oxygens (including phenoxy) is 1. The molecular weight excluding hydrogens is 287 g/mol. The normalized spacial score (nSPS) is 15.6. The van der Waals surface area contributed by atoms with E-state index in [4.69, 9.17) is 4.74 Å². The number of hydrogen-bond donors (Lipinski definition) is 0. The Morgan fingerprint density at radius 1 is 1.05 bits per heavy atom. The molecule has 0 spiro atoms. The highest BCUT2D eigenvalue weighted by atomic mass is 19.1. The van der Waals surface area contributed by atoms with Crippen molar-refractivity contribution in [3.63, 3.8) is 0 Å². The summed E-state index contributed by atoms with van der Waals surface area (Å²) in [7, 11) is 0.